The number of H-pyrrole nitrogens is 1. The van der Waals surface area contributed by atoms with Crippen LogP contribution in [-0.4, -0.2) is 4.98 Å². The zero-order valence-electron chi connectivity index (χ0n) is 7.42. The van der Waals surface area contributed by atoms with Gasteiger partial charge in [-0.1, -0.05) is 19.1 Å². The van der Waals surface area contributed by atoms with Gasteiger partial charge in [0.25, 0.3) is 0 Å². The molecule has 1 heterocycles. The third kappa shape index (κ3) is 1.84. The highest BCUT2D eigenvalue weighted by Crippen LogP contribution is 2.05. The molecule has 0 unspecified atom stereocenters. The molecule has 0 saturated heterocycles. The van der Waals surface area contributed by atoms with Crippen molar-refractivity contribution >= 4 is 6.08 Å². The predicted molar refractivity (Wildman–Crippen MR) is 51.1 cm³/mol. The second-order valence-electron chi connectivity index (χ2n) is 2.62. The van der Waals surface area contributed by atoms with Gasteiger partial charge in [0.05, 0.1) is 0 Å². The summed E-state index contributed by atoms with van der Waals surface area (Å²) in [5.74, 6) is 0. The number of aromatic amines is 1. The van der Waals surface area contributed by atoms with Crippen LogP contribution in [0.3, 0.4) is 0 Å². The van der Waals surface area contributed by atoms with Gasteiger partial charge in [-0.2, -0.15) is 0 Å². The van der Waals surface area contributed by atoms with Crippen molar-refractivity contribution in [2.75, 3.05) is 0 Å². The van der Waals surface area contributed by atoms with E-state index < -0.39 is 0 Å². The van der Waals surface area contributed by atoms with E-state index in [2.05, 4.69) is 11.9 Å². The lowest BCUT2D eigenvalue weighted by Gasteiger charge is -2.00. The first kappa shape index (κ1) is 8.78. The summed E-state index contributed by atoms with van der Waals surface area (Å²) in [6.07, 6.45) is 4.78. The van der Waals surface area contributed by atoms with Crippen molar-refractivity contribution in [3.05, 3.63) is 39.8 Å². The molecule has 2 nitrogen and oxygen atoms in total. The minimum Gasteiger partial charge on any atom is -0.322 e. The summed E-state index contributed by atoms with van der Waals surface area (Å²) in [4.78, 5) is 13.7. The summed E-state index contributed by atoms with van der Waals surface area (Å²) < 4.78 is 0. The number of aryl methyl sites for hydroxylation is 1. The maximum Gasteiger partial charge on any atom is 0.248 e. The molecule has 1 rings (SSSR count). The van der Waals surface area contributed by atoms with E-state index in [1.54, 1.807) is 6.07 Å². The quantitative estimate of drug-likeness (QED) is 0.710. The van der Waals surface area contributed by atoms with E-state index >= 15 is 0 Å². The average molecular weight is 163 g/mol. The molecule has 0 aliphatic rings. The Morgan fingerprint density at radius 3 is 2.83 bits per heavy atom. The van der Waals surface area contributed by atoms with Gasteiger partial charge < -0.3 is 4.98 Å². The van der Waals surface area contributed by atoms with Gasteiger partial charge in [-0.05, 0) is 25.0 Å². The molecule has 0 aliphatic heterocycles. The molecule has 0 amide bonds. The summed E-state index contributed by atoms with van der Waals surface area (Å²) in [6.45, 7) is 4.01. The van der Waals surface area contributed by atoms with Gasteiger partial charge in [-0.25, -0.2) is 0 Å². The highest BCUT2D eigenvalue weighted by atomic mass is 16.1. The molecular weight excluding hydrogens is 150 g/mol. The number of pyridine rings is 1. The van der Waals surface area contributed by atoms with Crippen LogP contribution in [-0.2, 0) is 6.42 Å². The molecule has 1 aromatic rings. The van der Waals surface area contributed by atoms with Gasteiger partial charge in [0.2, 0.25) is 5.56 Å². The second kappa shape index (κ2) is 3.90. The third-order valence-electron chi connectivity index (χ3n) is 1.75. The third-order valence-corrected chi connectivity index (χ3v) is 1.75. The monoisotopic (exact) mass is 163 g/mol. The molecule has 2 heteroatoms. The summed E-state index contributed by atoms with van der Waals surface area (Å²) in [6, 6.07) is 3.43. The van der Waals surface area contributed by atoms with Crippen LogP contribution < -0.4 is 5.56 Å². The van der Waals surface area contributed by atoms with E-state index in [0.717, 1.165) is 12.1 Å². The fraction of sp³-hybridized carbons (Fsp3) is 0.300. The lowest BCUT2D eigenvalue weighted by atomic mass is 10.1. The Morgan fingerprint density at radius 2 is 2.25 bits per heavy atom. The van der Waals surface area contributed by atoms with Crippen LogP contribution in [0.25, 0.3) is 6.08 Å². The zero-order valence-corrected chi connectivity index (χ0v) is 7.42. The number of hydrogen-bond donors (Lipinski definition) is 1. The molecule has 0 bridgehead atoms. The van der Waals surface area contributed by atoms with Gasteiger partial charge in [-0.3, -0.25) is 4.79 Å². The lowest BCUT2D eigenvalue weighted by molar-refractivity contribution is 1.07. The molecule has 0 spiro atoms. The molecule has 0 fully saturated rings. The summed E-state index contributed by atoms with van der Waals surface area (Å²) in [7, 11) is 0. The van der Waals surface area contributed by atoms with E-state index in [-0.39, 0.29) is 5.56 Å². The molecule has 1 aromatic heterocycles. The first-order valence-electron chi connectivity index (χ1n) is 4.12. The second-order valence-corrected chi connectivity index (χ2v) is 2.62. The molecule has 0 radical (unpaired) electrons. The molecule has 1 N–H and O–H groups in total. The summed E-state index contributed by atoms with van der Waals surface area (Å²) >= 11 is 0. The summed E-state index contributed by atoms with van der Waals surface area (Å²) in [5, 5.41) is 0. The van der Waals surface area contributed by atoms with Crippen LogP contribution in [0.5, 0.6) is 0 Å². The Bertz CT molecular complexity index is 336. The van der Waals surface area contributed by atoms with Gasteiger partial charge in [0, 0.05) is 11.8 Å². The van der Waals surface area contributed by atoms with Crippen molar-refractivity contribution in [1.82, 2.24) is 4.98 Å². The zero-order chi connectivity index (χ0) is 8.97. The number of allylic oxidation sites excluding steroid dienone is 1. The van der Waals surface area contributed by atoms with Crippen LogP contribution in [0.4, 0.5) is 0 Å². The van der Waals surface area contributed by atoms with E-state index in [1.807, 2.05) is 25.1 Å². The van der Waals surface area contributed by atoms with Gasteiger partial charge in [-0.15, -0.1) is 0 Å². The Balaban J connectivity index is 3.21. The van der Waals surface area contributed by atoms with Crippen LogP contribution in [0.2, 0.25) is 0 Å². The van der Waals surface area contributed by atoms with Crippen molar-refractivity contribution in [3.63, 3.8) is 0 Å². The highest BCUT2D eigenvalue weighted by Gasteiger charge is 1.96. The van der Waals surface area contributed by atoms with E-state index in [4.69, 9.17) is 0 Å². The SMILES string of the molecule is C/C=C\c1[nH]c(=O)ccc1CC. The number of aromatic nitrogens is 1. The Labute approximate surface area is 71.9 Å². The fourth-order valence-electron chi connectivity index (χ4n) is 1.14. The molecule has 0 aliphatic carbocycles. The minimum absolute atomic E-state index is 0.0414. The first-order valence-corrected chi connectivity index (χ1v) is 4.12. The van der Waals surface area contributed by atoms with Crippen LogP contribution >= 0.6 is 0 Å². The Kier molecular flexibility index (Phi) is 2.86. The minimum atomic E-state index is -0.0414. The smallest absolute Gasteiger partial charge is 0.248 e. The van der Waals surface area contributed by atoms with Crippen molar-refractivity contribution in [3.8, 4) is 0 Å². The highest BCUT2D eigenvalue weighted by molar-refractivity contribution is 5.48. The first-order chi connectivity index (χ1) is 5.77. The topological polar surface area (TPSA) is 32.9 Å². The number of nitrogens with one attached hydrogen (secondary N) is 1. The van der Waals surface area contributed by atoms with Crippen molar-refractivity contribution in [2.45, 2.75) is 20.3 Å². The largest absolute Gasteiger partial charge is 0.322 e. The van der Waals surface area contributed by atoms with Crippen molar-refractivity contribution in [1.29, 1.82) is 0 Å². The van der Waals surface area contributed by atoms with Crippen LogP contribution in [0, 0.1) is 0 Å². The average Bonchev–Trinajstić information content (AvgIpc) is 2.05. The molecule has 0 saturated carbocycles. The van der Waals surface area contributed by atoms with E-state index in [9.17, 15) is 4.79 Å². The van der Waals surface area contributed by atoms with Crippen LogP contribution in [0.1, 0.15) is 25.1 Å². The molecule has 0 aromatic carbocycles. The van der Waals surface area contributed by atoms with Gasteiger partial charge in [0.15, 0.2) is 0 Å². The standard InChI is InChI=1S/C10H13NO/c1-3-5-9-8(4-2)6-7-10(12)11-9/h3,5-7H,4H2,1-2H3,(H,11,12)/b5-3-. The van der Waals surface area contributed by atoms with Crippen molar-refractivity contribution in [2.24, 2.45) is 0 Å². The normalized spacial score (nSPS) is 10.8. The molecular formula is C10H13NO. The molecule has 0 atom stereocenters. The predicted octanol–water partition coefficient (Wildman–Crippen LogP) is 1.97. The number of rotatable bonds is 2. The van der Waals surface area contributed by atoms with Gasteiger partial charge in [0.1, 0.15) is 0 Å². The fourth-order valence-corrected chi connectivity index (χ4v) is 1.14. The van der Waals surface area contributed by atoms with Gasteiger partial charge >= 0.3 is 0 Å². The maximum atomic E-state index is 10.9. The summed E-state index contributed by atoms with van der Waals surface area (Å²) in [5.41, 5.74) is 2.06. The van der Waals surface area contributed by atoms with E-state index in [0.29, 0.717) is 0 Å². The maximum absolute atomic E-state index is 10.9. The van der Waals surface area contributed by atoms with E-state index in [1.165, 1.54) is 5.56 Å². The lowest BCUT2D eigenvalue weighted by Crippen LogP contribution is -2.06. The molecule has 12 heavy (non-hydrogen) atoms. The Hall–Kier alpha value is -1.31. The van der Waals surface area contributed by atoms with Crippen LogP contribution in [0.15, 0.2) is 23.0 Å². The molecule has 64 valence electrons. The number of hydrogen-bond acceptors (Lipinski definition) is 1. The van der Waals surface area contributed by atoms with Crippen molar-refractivity contribution < 1.29 is 0 Å². The Morgan fingerprint density at radius 1 is 1.50 bits per heavy atom.